The molecule has 0 fully saturated rings. The van der Waals surface area contributed by atoms with Crippen LogP contribution < -0.4 is 0 Å². The number of halogens is 3. The van der Waals surface area contributed by atoms with Gasteiger partial charge in [0.2, 0.25) is 0 Å². The van der Waals surface area contributed by atoms with Gasteiger partial charge in [-0.15, -0.1) is 0 Å². The number of benzene rings is 2. The van der Waals surface area contributed by atoms with Crippen molar-refractivity contribution in [1.29, 1.82) is 0 Å². The predicted octanol–water partition coefficient (Wildman–Crippen LogP) is 5.30. The van der Waals surface area contributed by atoms with Crippen LogP contribution in [-0.4, -0.2) is 24.5 Å². The van der Waals surface area contributed by atoms with Crippen LogP contribution in [0.3, 0.4) is 0 Å². The first-order chi connectivity index (χ1) is 13.1. The topological polar surface area (TPSA) is 52.0 Å². The molecule has 28 heavy (non-hydrogen) atoms. The highest BCUT2D eigenvalue weighted by Crippen LogP contribution is 2.33. The van der Waals surface area contributed by atoms with Crippen LogP contribution in [0.2, 0.25) is 0 Å². The Morgan fingerprint density at radius 3 is 1.93 bits per heavy atom. The van der Waals surface area contributed by atoms with E-state index < -0.39 is 21.7 Å². The minimum Gasteiger partial charge on any atom is -0.233 e. The van der Waals surface area contributed by atoms with Gasteiger partial charge in [-0.05, 0) is 37.3 Å². The molecular formula is C20H21F3N2O2S. The normalized spacial score (nSPS) is 11.7. The van der Waals surface area contributed by atoms with E-state index in [1.54, 1.807) is 24.3 Å². The van der Waals surface area contributed by atoms with Crippen molar-refractivity contribution in [3.63, 3.8) is 0 Å². The summed E-state index contributed by atoms with van der Waals surface area (Å²) < 4.78 is 63.7. The molecule has 0 saturated carbocycles. The maximum atomic E-state index is 13.1. The van der Waals surface area contributed by atoms with Crippen molar-refractivity contribution in [2.24, 2.45) is 0 Å². The number of aromatic nitrogens is 2. The molecule has 0 N–H and O–H groups in total. The molecule has 0 aliphatic heterocycles. The molecule has 0 atom stereocenters. The SMILES string of the molecule is CC.Cc1ccc(-c2cc(C(F)(F)F)nn2-c2ccc(S(C)(=O)=O)cc2)cc1. The molecule has 0 aliphatic rings. The van der Waals surface area contributed by atoms with E-state index in [9.17, 15) is 21.6 Å². The van der Waals surface area contributed by atoms with E-state index >= 15 is 0 Å². The van der Waals surface area contributed by atoms with Crippen LogP contribution in [0, 0.1) is 6.92 Å². The number of aryl methyl sites for hydroxylation is 1. The smallest absolute Gasteiger partial charge is 0.233 e. The molecule has 0 saturated heterocycles. The molecule has 0 spiro atoms. The third-order valence-electron chi connectivity index (χ3n) is 3.86. The molecule has 0 unspecified atom stereocenters. The van der Waals surface area contributed by atoms with Gasteiger partial charge in [-0.2, -0.15) is 18.3 Å². The lowest BCUT2D eigenvalue weighted by molar-refractivity contribution is -0.141. The van der Waals surface area contributed by atoms with Gasteiger partial charge >= 0.3 is 6.18 Å². The average molecular weight is 410 g/mol. The summed E-state index contributed by atoms with van der Waals surface area (Å²) in [5.41, 5.74) is 1.15. The van der Waals surface area contributed by atoms with Crippen molar-refractivity contribution >= 4 is 9.84 Å². The highest BCUT2D eigenvalue weighted by atomic mass is 32.2. The number of rotatable bonds is 3. The molecule has 8 heteroatoms. The summed E-state index contributed by atoms with van der Waals surface area (Å²) >= 11 is 0. The number of nitrogens with zero attached hydrogens (tertiary/aromatic N) is 2. The zero-order valence-electron chi connectivity index (χ0n) is 15.9. The first-order valence-corrected chi connectivity index (χ1v) is 10.5. The summed E-state index contributed by atoms with van der Waals surface area (Å²) in [6.07, 6.45) is -3.52. The fraction of sp³-hybridized carbons (Fsp3) is 0.250. The van der Waals surface area contributed by atoms with Crippen molar-refractivity contribution in [3.8, 4) is 16.9 Å². The van der Waals surface area contributed by atoms with Crippen LogP contribution in [0.15, 0.2) is 59.5 Å². The molecule has 150 valence electrons. The van der Waals surface area contributed by atoms with Gasteiger partial charge in [0.1, 0.15) is 0 Å². The zero-order chi connectivity index (χ0) is 21.1. The highest BCUT2D eigenvalue weighted by molar-refractivity contribution is 7.90. The second kappa shape index (κ2) is 8.18. The van der Waals surface area contributed by atoms with Gasteiger partial charge in [-0.25, -0.2) is 13.1 Å². The number of sulfone groups is 1. The minimum atomic E-state index is -4.59. The Kier molecular flexibility index (Phi) is 6.34. The van der Waals surface area contributed by atoms with E-state index in [1.165, 1.54) is 28.9 Å². The van der Waals surface area contributed by atoms with Gasteiger partial charge in [-0.3, -0.25) is 0 Å². The Bertz CT molecular complexity index is 1040. The molecule has 0 aliphatic carbocycles. The maximum Gasteiger partial charge on any atom is 0.435 e. The molecule has 4 nitrogen and oxygen atoms in total. The second-order valence-corrected chi connectivity index (χ2v) is 7.97. The summed E-state index contributed by atoms with van der Waals surface area (Å²) in [6, 6.07) is 13.6. The molecule has 2 aromatic carbocycles. The quantitative estimate of drug-likeness (QED) is 0.589. The summed E-state index contributed by atoms with van der Waals surface area (Å²) in [7, 11) is -3.40. The largest absolute Gasteiger partial charge is 0.435 e. The standard InChI is InChI=1S/C18H15F3N2O2S.C2H6/c1-12-3-5-13(6-4-12)16-11-17(18(19,20)21)22-23(16)14-7-9-15(10-8-14)26(2,24)25;1-2/h3-11H,1-2H3;1-2H3. The van der Waals surface area contributed by atoms with Gasteiger partial charge < -0.3 is 0 Å². The van der Waals surface area contributed by atoms with Crippen LogP contribution in [0.5, 0.6) is 0 Å². The Morgan fingerprint density at radius 2 is 1.46 bits per heavy atom. The molecule has 1 heterocycles. The fourth-order valence-corrected chi connectivity index (χ4v) is 3.11. The van der Waals surface area contributed by atoms with Gasteiger partial charge in [0.15, 0.2) is 15.5 Å². The number of hydrogen-bond acceptors (Lipinski definition) is 3. The summed E-state index contributed by atoms with van der Waals surface area (Å²) in [4.78, 5) is 0.0846. The number of hydrogen-bond donors (Lipinski definition) is 0. The van der Waals surface area contributed by atoms with Crippen LogP contribution in [-0.2, 0) is 16.0 Å². The van der Waals surface area contributed by atoms with Gasteiger partial charge in [0, 0.05) is 11.8 Å². The van der Waals surface area contributed by atoms with Crippen LogP contribution in [0.4, 0.5) is 13.2 Å². The Labute approximate surface area is 162 Å². The first-order valence-electron chi connectivity index (χ1n) is 8.60. The third-order valence-corrected chi connectivity index (χ3v) is 4.99. The average Bonchev–Trinajstić information content (AvgIpc) is 3.09. The lowest BCUT2D eigenvalue weighted by atomic mass is 10.1. The second-order valence-electron chi connectivity index (χ2n) is 5.96. The van der Waals surface area contributed by atoms with Gasteiger partial charge in [-0.1, -0.05) is 43.7 Å². The zero-order valence-corrected chi connectivity index (χ0v) is 16.8. The summed E-state index contributed by atoms with van der Waals surface area (Å²) in [5.74, 6) is 0. The monoisotopic (exact) mass is 410 g/mol. The molecule has 3 aromatic rings. The Morgan fingerprint density at radius 1 is 0.929 bits per heavy atom. The molecular weight excluding hydrogens is 389 g/mol. The lowest BCUT2D eigenvalue weighted by Gasteiger charge is -2.09. The predicted molar refractivity (Wildman–Crippen MR) is 103 cm³/mol. The Hall–Kier alpha value is -2.61. The maximum absolute atomic E-state index is 13.1. The molecule has 1 aromatic heterocycles. The van der Waals surface area contributed by atoms with E-state index in [-0.39, 0.29) is 10.6 Å². The van der Waals surface area contributed by atoms with E-state index in [2.05, 4.69) is 5.10 Å². The van der Waals surface area contributed by atoms with E-state index in [0.717, 1.165) is 17.9 Å². The number of alkyl halides is 3. The van der Waals surface area contributed by atoms with Crippen LogP contribution in [0.1, 0.15) is 25.1 Å². The Balaban J connectivity index is 0.00000136. The fourth-order valence-electron chi connectivity index (χ4n) is 2.48. The van der Waals surface area contributed by atoms with Crippen molar-refractivity contribution in [3.05, 3.63) is 65.9 Å². The minimum absolute atomic E-state index is 0.0846. The molecule has 0 radical (unpaired) electrons. The lowest BCUT2D eigenvalue weighted by Crippen LogP contribution is -2.07. The van der Waals surface area contributed by atoms with Crippen molar-refractivity contribution in [1.82, 2.24) is 9.78 Å². The van der Waals surface area contributed by atoms with Crippen LogP contribution >= 0.6 is 0 Å². The summed E-state index contributed by atoms with van der Waals surface area (Å²) in [5, 5.41) is 3.68. The van der Waals surface area contributed by atoms with Crippen LogP contribution in [0.25, 0.3) is 16.9 Å². The van der Waals surface area contributed by atoms with E-state index in [0.29, 0.717) is 11.3 Å². The van der Waals surface area contributed by atoms with E-state index in [1.807, 2.05) is 20.8 Å². The van der Waals surface area contributed by atoms with E-state index in [4.69, 9.17) is 0 Å². The van der Waals surface area contributed by atoms with Gasteiger partial charge in [0.25, 0.3) is 0 Å². The molecule has 3 rings (SSSR count). The highest BCUT2D eigenvalue weighted by Gasteiger charge is 2.35. The third kappa shape index (κ3) is 4.81. The molecule has 0 bridgehead atoms. The van der Waals surface area contributed by atoms with Crippen molar-refractivity contribution in [2.45, 2.75) is 31.8 Å². The van der Waals surface area contributed by atoms with Crippen molar-refractivity contribution < 1.29 is 21.6 Å². The summed E-state index contributed by atoms with van der Waals surface area (Å²) in [6.45, 7) is 5.88. The van der Waals surface area contributed by atoms with Gasteiger partial charge in [0.05, 0.1) is 16.3 Å². The molecule has 0 amide bonds. The first kappa shape index (κ1) is 21.7. The van der Waals surface area contributed by atoms with Crippen molar-refractivity contribution in [2.75, 3.05) is 6.26 Å².